The molecule has 2 saturated heterocycles. The fourth-order valence-electron chi connectivity index (χ4n) is 5.73. The molecule has 2 aromatic rings. The quantitative estimate of drug-likeness (QED) is 0.587. The summed E-state index contributed by atoms with van der Waals surface area (Å²) in [6.07, 6.45) is 6.09. The van der Waals surface area contributed by atoms with E-state index in [-0.39, 0.29) is 22.9 Å². The van der Waals surface area contributed by atoms with Crippen molar-refractivity contribution in [1.82, 2.24) is 20.4 Å². The lowest BCUT2D eigenvalue weighted by atomic mass is 9.91. The maximum Gasteiger partial charge on any atom is 0.273 e. The van der Waals surface area contributed by atoms with E-state index in [0.717, 1.165) is 18.6 Å². The first kappa shape index (κ1) is 24.2. The molecular formula is C25H35N5O4S. The smallest absolute Gasteiger partial charge is 0.273 e. The molecule has 4 aliphatic rings. The number of hydrogen-bond acceptors (Lipinski definition) is 8. The van der Waals surface area contributed by atoms with Gasteiger partial charge >= 0.3 is 0 Å². The second-order valence-corrected chi connectivity index (χ2v) is 13.1. The van der Waals surface area contributed by atoms with E-state index in [4.69, 9.17) is 4.52 Å². The van der Waals surface area contributed by atoms with E-state index in [1.807, 2.05) is 23.9 Å². The van der Waals surface area contributed by atoms with Crippen LogP contribution in [0.25, 0.3) is 0 Å². The highest BCUT2D eigenvalue weighted by Gasteiger charge is 2.61. The number of nitrogens with zero attached hydrogens (tertiary/aromatic N) is 4. The molecule has 2 bridgehead atoms. The second kappa shape index (κ2) is 8.89. The van der Waals surface area contributed by atoms with E-state index < -0.39 is 14.7 Å². The first-order valence-corrected chi connectivity index (χ1v) is 14.0. The number of pyridine rings is 1. The number of aromatic nitrogens is 2. The molecule has 1 amide bonds. The molecule has 10 heteroatoms. The van der Waals surface area contributed by atoms with E-state index in [1.165, 1.54) is 0 Å². The standard InChI is InChI=1S/C25H35N5O4S/c1-16(2)15-29(3)23-22(6-5-11-26-23)35(32,33)25-10-9-18(12-19(14-25)30(25)4)27-24(31)20-13-21(34-28-20)17-7-8-17/h5-6,11,13,16-19H,7-10,12,14-15H2,1-4H3,(H,27,31). The molecule has 35 heavy (non-hydrogen) atoms. The SMILES string of the molecule is CC(C)CN(C)c1ncccc1S(=O)(=O)C12CCC(NC(=O)c3cc(C4CC4)on3)CC(C1)N2C. The fraction of sp³-hybridized carbons (Fsp3) is 0.640. The van der Waals surface area contributed by atoms with Crippen LogP contribution in [0.5, 0.6) is 0 Å². The monoisotopic (exact) mass is 501 g/mol. The first-order valence-electron chi connectivity index (χ1n) is 12.5. The van der Waals surface area contributed by atoms with Crippen LogP contribution in [0, 0.1) is 5.92 Å². The Morgan fingerprint density at radius 1 is 1.34 bits per heavy atom. The van der Waals surface area contributed by atoms with Gasteiger partial charge in [-0.1, -0.05) is 19.0 Å². The Kier molecular flexibility index (Phi) is 6.15. The van der Waals surface area contributed by atoms with Crippen LogP contribution in [-0.4, -0.2) is 67.0 Å². The Morgan fingerprint density at radius 2 is 2.11 bits per heavy atom. The molecule has 6 rings (SSSR count). The van der Waals surface area contributed by atoms with Crippen LogP contribution in [0.1, 0.15) is 74.5 Å². The van der Waals surface area contributed by atoms with Gasteiger partial charge in [0.1, 0.15) is 21.3 Å². The van der Waals surface area contributed by atoms with Gasteiger partial charge in [-0.3, -0.25) is 9.69 Å². The molecule has 190 valence electrons. The van der Waals surface area contributed by atoms with E-state index in [0.29, 0.717) is 55.6 Å². The zero-order chi connectivity index (χ0) is 25.0. The first-order chi connectivity index (χ1) is 16.6. The molecule has 4 fully saturated rings. The summed E-state index contributed by atoms with van der Waals surface area (Å²) in [5.41, 5.74) is 0.298. The Bertz CT molecular complexity index is 1210. The highest BCUT2D eigenvalue weighted by atomic mass is 32.2. The number of sulfone groups is 1. The fourth-order valence-corrected chi connectivity index (χ4v) is 8.18. The van der Waals surface area contributed by atoms with E-state index in [1.54, 1.807) is 24.4 Å². The molecule has 3 atom stereocenters. The van der Waals surface area contributed by atoms with Crippen LogP contribution in [0.2, 0.25) is 0 Å². The van der Waals surface area contributed by atoms with Gasteiger partial charge in [0.25, 0.3) is 5.91 Å². The summed E-state index contributed by atoms with van der Waals surface area (Å²) >= 11 is 0. The molecule has 2 aromatic heterocycles. The van der Waals surface area contributed by atoms with E-state index in [9.17, 15) is 13.2 Å². The molecule has 2 aliphatic carbocycles. The van der Waals surface area contributed by atoms with Crippen molar-refractivity contribution in [2.24, 2.45) is 5.92 Å². The van der Waals surface area contributed by atoms with Crippen LogP contribution < -0.4 is 10.2 Å². The molecule has 0 aromatic carbocycles. The number of anilines is 1. The molecule has 9 nitrogen and oxygen atoms in total. The number of carbonyl (C=O) groups excluding carboxylic acids is 1. The minimum atomic E-state index is -3.70. The summed E-state index contributed by atoms with van der Waals surface area (Å²) in [6, 6.07) is 5.08. The molecule has 2 aliphatic heterocycles. The molecule has 1 N–H and O–H groups in total. The van der Waals surface area contributed by atoms with Gasteiger partial charge in [-0.15, -0.1) is 0 Å². The summed E-state index contributed by atoms with van der Waals surface area (Å²) in [4.78, 5) is 20.5. The van der Waals surface area contributed by atoms with Gasteiger partial charge in [-0.25, -0.2) is 13.4 Å². The summed E-state index contributed by atoms with van der Waals surface area (Å²) in [6.45, 7) is 4.91. The van der Waals surface area contributed by atoms with Crippen molar-refractivity contribution in [2.75, 3.05) is 25.5 Å². The third-order valence-electron chi connectivity index (χ3n) is 7.80. The lowest BCUT2D eigenvalue weighted by molar-refractivity contribution is 0.0128. The highest BCUT2D eigenvalue weighted by molar-refractivity contribution is 7.93. The minimum Gasteiger partial charge on any atom is -0.360 e. The van der Waals surface area contributed by atoms with Crippen molar-refractivity contribution < 1.29 is 17.7 Å². The number of carbonyl (C=O) groups is 1. The van der Waals surface area contributed by atoms with Crippen molar-refractivity contribution in [1.29, 1.82) is 0 Å². The zero-order valence-corrected chi connectivity index (χ0v) is 21.7. The van der Waals surface area contributed by atoms with Gasteiger partial charge in [0.15, 0.2) is 5.69 Å². The normalized spacial score (nSPS) is 26.8. The second-order valence-electron chi connectivity index (χ2n) is 10.9. The maximum absolute atomic E-state index is 14.1. The van der Waals surface area contributed by atoms with Crippen molar-refractivity contribution >= 4 is 21.6 Å². The Labute approximate surface area is 207 Å². The highest BCUT2D eigenvalue weighted by Crippen LogP contribution is 2.51. The molecule has 0 spiro atoms. The Morgan fingerprint density at radius 3 is 2.80 bits per heavy atom. The van der Waals surface area contributed by atoms with Gasteiger partial charge < -0.3 is 14.7 Å². The van der Waals surface area contributed by atoms with Gasteiger partial charge in [-0.2, -0.15) is 0 Å². The number of amides is 1. The van der Waals surface area contributed by atoms with Gasteiger partial charge in [-0.05, 0) is 63.6 Å². The Hall–Kier alpha value is -2.46. The predicted octanol–water partition coefficient (Wildman–Crippen LogP) is 3.20. The van der Waals surface area contributed by atoms with Gasteiger partial charge in [0, 0.05) is 43.9 Å². The number of fused-ring (bicyclic) bond motifs is 3. The van der Waals surface area contributed by atoms with Crippen molar-refractivity contribution in [3.63, 3.8) is 0 Å². The zero-order valence-electron chi connectivity index (χ0n) is 20.9. The topological polar surface area (TPSA) is 109 Å². The maximum atomic E-state index is 14.1. The molecule has 4 heterocycles. The van der Waals surface area contributed by atoms with Crippen LogP contribution in [0.3, 0.4) is 0 Å². The average molecular weight is 502 g/mol. The summed E-state index contributed by atoms with van der Waals surface area (Å²) in [5.74, 6) is 1.79. The number of nitrogens with one attached hydrogen (secondary N) is 1. The minimum absolute atomic E-state index is 0.0884. The van der Waals surface area contributed by atoms with E-state index in [2.05, 4.69) is 29.3 Å². The number of rotatable bonds is 8. The van der Waals surface area contributed by atoms with Gasteiger partial charge in [0.2, 0.25) is 9.84 Å². The Balaban J connectivity index is 1.34. The van der Waals surface area contributed by atoms with Gasteiger partial charge in [0.05, 0.1) is 0 Å². The molecule has 3 unspecified atom stereocenters. The summed E-state index contributed by atoms with van der Waals surface area (Å²) < 4.78 is 33.6. The predicted molar refractivity (Wildman–Crippen MR) is 132 cm³/mol. The van der Waals surface area contributed by atoms with Crippen molar-refractivity contribution in [3.05, 3.63) is 35.9 Å². The lowest BCUT2D eigenvalue weighted by Gasteiger charge is -2.54. The summed E-state index contributed by atoms with van der Waals surface area (Å²) in [5, 5.41) is 7.03. The van der Waals surface area contributed by atoms with Crippen LogP contribution in [0.4, 0.5) is 5.82 Å². The third-order valence-corrected chi connectivity index (χ3v) is 10.4. The number of hydrogen-bond donors (Lipinski definition) is 1. The summed E-state index contributed by atoms with van der Waals surface area (Å²) in [7, 11) is 0.0834. The van der Waals surface area contributed by atoms with E-state index >= 15 is 0 Å². The van der Waals surface area contributed by atoms with Crippen molar-refractivity contribution in [3.8, 4) is 0 Å². The third kappa shape index (κ3) is 4.24. The molecular weight excluding hydrogens is 466 g/mol. The van der Waals surface area contributed by atoms with Crippen LogP contribution in [-0.2, 0) is 9.84 Å². The largest absolute Gasteiger partial charge is 0.360 e. The van der Waals surface area contributed by atoms with Crippen LogP contribution >= 0.6 is 0 Å². The van der Waals surface area contributed by atoms with Crippen LogP contribution in [0.15, 0.2) is 33.8 Å². The van der Waals surface area contributed by atoms with Crippen molar-refractivity contribution in [2.45, 2.75) is 80.1 Å². The lowest BCUT2D eigenvalue weighted by Crippen LogP contribution is -2.67. The average Bonchev–Trinajstić information content (AvgIpc) is 3.60. The molecule has 0 radical (unpaired) electrons. The molecule has 2 saturated carbocycles.